The molecule has 0 radical (unpaired) electrons. The van der Waals surface area contributed by atoms with Crippen molar-refractivity contribution in [2.45, 2.75) is 18.6 Å². The standard InChI is InChI=1S/C20H23N3O4S/c24-19(16-8-10-18(11-9-16)23-20(25)17-6-7-17)21-12-13-22-28(26,27)14-15-4-2-1-3-5-15/h1-5,8-11,17,22H,6-7,12-14H2,(H,21,24)(H,23,25). The van der Waals surface area contributed by atoms with E-state index in [-0.39, 0.29) is 36.6 Å². The summed E-state index contributed by atoms with van der Waals surface area (Å²) in [5.41, 5.74) is 1.80. The number of amides is 2. The summed E-state index contributed by atoms with van der Waals surface area (Å²) in [6.45, 7) is 0.281. The quantitative estimate of drug-likeness (QED) is 0.558. The zero-order valence-corrected chi connectivity index (χ0v) is 16.2. The van der Waals surface area contributed by atoms with E-state index in [9.17, 15) is 18.0 Å². The lowest BCUT2D eigenvalue weighted by Crippen LogP contribution is -2.35. The Morgan fingerprint density at radius 1 is 0.929 bits per heavy atom. The first-order chi connectivity index (χ1) is 13.4. The minimum absolute atomic E-state index is 0.0139. The van der Waals surface area contributed by atoms with Gasteiger partial charge in [-0.25, -0.2) is 13.1 Å². The molecule has 0 atom stereocenters. The van der Waals surface area contributed by atoms with E-state index in [1.165, 1.54) is 0 Å². The first-order valence-electron chi connectivity index (χ1n) is 9.13. The van der Waals surface area contributed by atoms with Crippen LogP contribution in [0.3, 0.4) is 0 Å². The van der Waals surface area contributed by atoms with Gasteiger partial charge in [-0.1, -0.05) is 30.3 Å². The van der Waals surface area contributed by atoms with Crippen molar-refractivity contribution in [3.05, 3.63) is 65.7 Å². The van der Waals surface area contributed by atoms with E-state index in [0.717, 1.165) is 12.8 Å². The van der Waals surface area contributed by atoms with Gasteiger partial charge >= 0.3 is 0 Å². The number of sulfonamides is 1. The van der Waals surface area contributed by atoms with Crippen LogP contribution in [-0.4, -0.2) is 33.3 Å². The molecule has 3 rings (SSSR count). The van der Waals surface area contributed by atoms with Crippen molar-refractivity contribution in [3.63, 3.8) is 0 Å². The molecule has 2 aromatic carbocycles. The Balaban J connectivity index is 1.40. The zero-order valence-electron chi connectivity index (χ0n) is 15.4. The predicted molar refractivity (Wildman–Crippen MR) is 107 cm³/mol. The number of hydrogen-bond acceptors (Lipinski definition) is 4. The fourth-order valence-corrected chi connectivity index (χ4v) is 3.77. The van der Waals surface area contributed by atoms with Gasteiger partial charge in [-0.15, -0.1) is 0 Å². The summed E-state index contributed by atoms with van der Waals surface area (Å²) in [6, 6.07) is 15.5. The molecule has 3 N–H and O–H groups in total. The Kier molecular flexibility index (Phi) is 6.43. The maximum Gasteiger partial charge on any atom is 0.251 e. The fourth-order valence-electron chi connectivity index (χ4n) is 2.62. The summed E-state index contributed by atoms with van der Waals surface area (Å²) in [4.78, 5) is 23.9. The molecule has 2 amide bonds. The van der Waals surface area contributed by atoms with Crippen LogP contribution in [0.2, 0.25) is 0 Å². The molecule has 1 aliphatic rings. The second kappa shape index (κ2) is 8.99. The molecule has 0 aromatic heterocycles. The highest BCUT2D eigenvalue weighted by Gasteiger charge is 2.29. The van der Waals surface area contributed by atoms with Gasteiger partial charge in [0.1, 0.15) is 0 Å². The summed E-state index contributed by atoms with van der Waals surface area (Å²) in [5, 5.41) is 5.48. The van der Waals surface area contributed by atoms with Gasteiger partial charge in [0.2, 0.25) is 15.9 Å². The predicted octanol–water partition coefficient (Wildman–Crippen LogP) is 1.88. The maximum atomic E-state index is 12.1. The van der Waals surface area contributed by atoms with Crippen molar-refractivity contribution in [1.29, 1.82) is 0 Å². The molecule has 1 saturated carbocycles. The smallest absolute Gasteiger partial charge is 0.251 e. The lowest BCUT2D eigenvalue weighted by molar-refractivity contribution is -0.117. The Morgan fingerprint density at radius 3 is 2.25 bits per heavy atom. The molecule has 0 heterocycles. The maximum absolute atomic E-state index is 12.1. The van der Waals surface area contributed by atoms with Crippen molar-refractivity contribution in [3.8, 4) is 0 Å². The van der Waals surface area contributed by atoms with Crippen LogP contribution in [0, 0.1) is 5.92 Å². The average Bonchev–Trinajstić information content (AvgIpc) is 3.51. The number of rotatable bonds is 9. The molecular weight excluding hydrogens is 378 g/mol. The fraction of sp³-hybridized carbons (Fsp3) is 0.300. The molecule has 0 saturated heterocycles. The minimum atomic E-state index is -3.46. The third kappa shape index (κ3) is 6.17. The SMILES string of the molecule is O=C(NCCNS(=O)(=O)Cc1ccccc1)c1ccc(NC(=O)C2CC2)cc1. The normalized spacial score (nSPS) is 13.7. The molecule has 0 spiro atoms. The van der Waals surface area contributed by atoms with Crippen molar-refractivity contribution >= 4 is 27.5 Å². The summed E-state index contributed by atoms with van der Waals surface area (Å²) < 4.78 is 26.5. The summed E-state index contributed by atoms with van der Waals surface area (Å²) >= 11 is 0. The first kappa shape index (κ1) is 20.0. The lowest BCUT2D eigenvalue weighted by Gasteiger charge is -2.09. The van der Waals surface area contributed by atoms with Gasteiger partial charge in [0.25, 0.3) is 5.91 Å². The van der Waals surface area contributed by atoms with E-state index in [1.807, 2.05) is 6.07 Å². The number of benzene rings is 2. The van der Waals surface area contributed by atoms with Crippen molar-refractivity contribution < 1.29 is 18.0 Å². The van der Waals surface area contributed by atoms with E-state index in [2.05, 4.69) is 15.4 Å². The highest BCUT2D eigenvalue weighted by atomic mass is 32.2. The molecule has 1 fully saturated rings. The first-order valence-corrected chi connectivity index (χ1v) is 10.8. The van der Waals surface area contributed by atoms with Crippen molar-refractivity contribution in [1.82, 2.24) is 10.0 Å². The molecule has 1 aliphatic carbocycles. The third-order valence-electron chi connectivity index (χ3n) is 4.29. The molecule has 0 unspecified atom stereocenters. The minimum Gasteiger partial charge on any atom is -0.351 e. The van der Waals surface area contributed by atoms with E-state index >= 15 is 0 Å². The lowest BCUT2D eigenvalue weighted by atomic mass is 10.2. The summed E-state index contributed by atoms with van der Waals surface area (Å²) in [6.07, 6.45) is 1.86. The van der Waals surface area contributed by atoms with Crippen LogP contribution < -0.4 is 15.4 Å². The zero-order chi connectivity index (χ0) is 20.0. The van der Waals surface area contributed by atoms with E-state index < -0.39 is 10.0 Å². The summed E-state index contributed by atoms with van der Waals surface area (Å²) in [7, 11) is -3.46. The Bertz CT molecular complexity index is 924. The highest BCUT2D eigenvalue weighted by molar-refractivity contribution is 7.88. The van der Waals surface area contributed by atoms with Crippen LogP contribution in [0.4, 0.5) is 5.69 Å². The van der Waals surface area contributed by atoms with E-state index in [1.54, 1.807) is 48.5 Å². The Hall–Kier alpha value is -2.71. The largest absolute Gasteiger partial charge is 0.351 e. The Morgan fingerprint density at radius 2 is 1.61 bits per heavy atom. The van der Waals surface area contributed by atoms with E-state index in [4.69, 9.17) is 0 Å². The molecule has 148 valence electrons. The van der Waals surface area contributed by atoms with Crippen LogP contribution >= 0.6 is 0 Å². The van der Waals surface area contributed by atoms with Crippen LogP contribution in [0.15, 0.2) is 54.6 Å². The molecule has 28 heavy (non-hydrogen) atoms. The van der Waals surface area contributed by atoms with Gasteiger partial charge in [0.05, 0.1) is 5.75 Å². The second-order valence-electron chi connectivity index (χ2n) is 6.74. The average molecular weight is 401 g/mol. The number of nitrogens with one attached hydrogen (secondary N) is 3. The second-order valence-corrected chi connectivity index (χ2v) is 8.54. The van der Waals surface area contributed by atoms with Gasteiger partial charge in [-0.05, 0) is 42.7 Å². The number of carbonyl (C=O) groups excluding carboxylic acids is 2. The van der Waals surface area contributed by atoms with Crippen molar-refractivity contribution in [2.24, 2.45) is 5.92 Å². The van der Waals surface area contributed by atoms with Gasteiger partial charge in [-0.3, -0.25) is 9.59 Å². The third-order valence-corrected chi connectivity index (χ3v) is 5.65. The monoisotopic (exact) mass is 401 g/mol. The molecular formula is C20H23N3O4S. The molecule has 2 aromatic rings. The van der Waals surface area contributed by atoms with Gasteiger partial charge in [0.15, 0.2) is 0 Å². The van der Waals surface area contributed by atoms with Gasteiger partial charge < -0.3 is 10.6 Å². The molecule has 7 nitrogen and oxygen atoms in total. The summed E-state index contributed by atoms with van der Waals surface area (Å²) in [5.74, 6) is -0.272. The van der Waals surface area contributed by atoms with Crippen LogP contribution in [0.1, 0.15) is 28.8 Å². The number of hydrogen-bond donors (Lipinski definition) is 3. The Labute approximate surface area is 164 Å². The van der Waals surface area contributed by atoms with Crippen molar-refractivity contribution in [2.75, 3.05) is 18.4 Å². The molecule has 0 aliphatic heterocycles. The van der Waals surface area contributed by atoms with Gasteiger partial charge in [-0.2, -0.15) is 0 Å². The van der Waals surface area contributed by atoms with Gasteiger partial charge in [0, 0.05) is 30.3 Å². The van der Waals surface area contributed by atoms with Crippen LogP contribution in [-0.2, 0) is 20.6 Å². The van der Waals surface area contributed by atoms with E-state index in [0.29, 0.717) is 16.8 Å². The topological polar surface area (TPSA) is 104 Å². The van der Waals surface area contributed by atoms with Crippen LogP contribution in [0.5, 0.6) is 0 Å². The molecule has 0 bridgehead atoms. The highest BCUT2D eigenvalue weighted by Crippen LogP contribution is 2.30. The van der Waals surface area contributed by atoms with Crippen LogP contribution in [0.25, 0.3) is 0 Å². The number of anilines is 1. The molecule has 8 heteroatoms. The number of carbonyl (C=O) groups is 2.